The number of amides is 2. The molecule has 5 heteroatoms. The summed E-state index contributed by atoms with van der Waals surface area (Å²) in [6, 6.07) is 13.7. The molecule has 3 rings (SSSR count). The van der Waals surface area contributed by atoms with Crippen LogP contribution in [0.2, 0.25) is 0 Å². The number of carbonyl (C=O) groups is 2. The van der Waals surface area contributed by atoms with E-state index in [-0.39, 0.29) is 5.91 Å². The van der Waals surface area contributed by atoms with Crippen molar-refractivity contribution in [2.45, 2.75) is 12.5 Å². The van der Waals surface area contributed by atoms with Crippen LogP contribution >= 0.6 is 0 Å². The summed E-state index contributed by atoms with van der Waals surface area (Å²) in [5.74, 6) is -0.328. The van der Waals surface area contributed by atoms with E-state index in [2.05, 4.69) is 0 Å². The normalized spacial score (nSPS) is 16.2. The fraction of sp³-hybridized carbons (Fsp3) is 0.176. The molecule has 0 saturated carbocycles. The summed E-state index contributed by atoms with van der Waals surface area (Å²) < 4.78 is 5.25. The van der Waals surface area contributed by atoms with Crippen LogP contribution in [0, 0.1) is 0 Å². The fourth-order valence-electron chi connectivity index (χ4n) is 2.82. The summed E-state index contributed by atoms with van der Waals surface area (Å²) in [5.41, 5.74) is 7.56. The van der Waals surface area contributed by atoms with Gasteiger partial charge in [-0.1, -0.05) is 30.3 Å². The Hall–Kier alpha value is -2.82. The van der Waals surface area contributed by atoms with Gasteiger partial charge in [0.05, 0.1) is 12.7 Å². The Labute approximate surface area is 128 Å². The zero-order valence-electron chi connectivity index (χ0n) is 12.2. The molecular formula is C17H16N2O3. The molecule has 22 heavy (non-hydrogen) atoms. The lowest BCUT2D eigenvalue weighted by atomic mass is 10.1. The van der Waals surface area contributed by atoms with Crippen LogP contribution in [0.25, 0.3) is 0 Å². The fourth-order valence-corrected chi connectivity index (χ4v) is 2.82. The zero-order chi connectivity index (χ0) is 15.7. The third-order valence-corrected chi connectivity index (χ3v) is 3.86. The van der Waals surface area contributed by atoms with E-state index < -0.39 is 11.9 Å². The van der Waals surface area contributed by atoms with Gasteiger partial charge in [-0.05, 0) is 23.8 Å². The second-order valence-corrected chi connectivity index (χ2v) is 5.13. The number of ether oxygens (including phenoxy) is 1. The third-order valence-electron chi connectivity index (χ3n) is 3.86. The van der Waals surface area contributed by atoms with E-state index in [0.29, 0.717) is 17.7 Å². The van der Waals surface area contributed by atoms with Gasteiger partial charge in [-0.3, -0.25) is 14.5 Å². The van der Waals surface area contributed by atoms with Crippen LogP contribution in [0.4, 0.5) is 5.69 Å². The molecule has 0 bridgehead atoms. The summed E-state index contributed by atoms with van der Waals surface area (Å²) in [5, 5.41) is 0. The molecule has 1 unspecified atom stereocenters. The van der Waals surface area contributed by atoms with Gasteiger partial charge in [-0.15, -0.1) is 0 Å². The van der Waals surface area contributed by atoms with Gasteiger partial charge in [0.1, 0.15) is 11.8 Å². The molecule has 0 spiro atoms. The number of rotatable bonds is 3. The number of hydrogen-bond acceptors (Lipinski definition) is 3. The quantitative estimate of drug-likeness (QED) is 0.938. The lowest BCUT2D eigenvalue weighted by Crippen LogP contribution is -2.46. The maximum Gasteiger partial charge on any atom is 0.262 e. The van der Waals surface area contributed by atoms with E-state index in [1.807, 2.05) is 24.3 Å². The summed E-state index contributed by atoms with van der Waals surface area (Å²) >= 11 is 0. The average molecular weight is 296 g/mol. The number of nitrogens with two attached hydrogens (primary N) is 1. The summed E-state index contributed by atoms with van der Waals surface area (Å²) in [6.45, 7) is 0. The highest BCUT2D eigenvalue weighted by Crippen LogP contribution is 2.34. The van der Waals surface area contributed by atoms with Crippen molar-refractivity contribution in [3.8, 4) is 5.75 Å². The van der Waals surface area contributed by atoms with E-state index in [1.54, 1.807) is 24.3 Å². The first-order valence-electron chi connectivity index (χ1n) is 6.97. The van der Waals surface area contributed by atoms with E-state index >= 15 is 0 Å². The Morgan fingerprint density at radius 2 is 1.82 bits per heavy atom. The average Bonchev–Trinajstić information content (AvgIpc) is 2.94. The van der Waals surface area contributed by atoms with Gasteiger partial charge in [0.2, 0.25) is 5.91 Å². The first kappa shape index (κ1) is 14.1. The van der Waals surface area contributed by atoms with Crippen molar-refractivity contribution >= 4 is 17.5 Å². The molecule has 2 aromatic carbocycles. The minimum absolute atomic E-state index is 0.286. The topological polar surface area (TPSA) is 72.6 Å². The summed E-state index contributed by atoms with van der Waals surface area (Å²) in [7, 11) is 1.51. The molecule has 1 atom stereocenters. The van der Waals surface area contributed by atoms with Crippen LogP contribution < -0.4 is 15.4 Å². The van der Waals surface area contributed by atoms with Crippen molar-refractivity contribution in [1.82, 2.24) is 0 Å². The van der Waals surface area contributed by atoms with Crippen molar-refractivity contribution in [3.05, 3.63) is 59.7 Å². The van der Waals surface area contributed by atoms with Crippen molar-refractivity contribution < 1.29 is 14.3 Å². The highest BCUT2D eigenvalue weighted by molar-refractivity contribution is 6.12. The number of nitrogens with zero attached hydrogens (tertiary/aromatic N) is 1. The smallest absolute Gasteiger partial charge is 0.262 e. The number of hydrogen-bond donors (Lipinski definition) is 1. The number of para-hydroxylation sites is 2. The van der Waals surface area contributed by atoms with E-state index in [1.165, 1.54) is 12.0 Å². The molecule has 0 aromatic heterocycles. The number of carbonyl (C=O) groups excluding carboxylic acids is 2. The number of fused-ring (bicyclic) bond motifs is 1. The summed E-state index contributed by atoms with van der Waals surface area (Å²) in [6.07, 6.45) is 0.437. The van der Waals surface area contributed by atoms with E-state index in [4.69, 9.17) is 10.5 Å². The first-order chi connectivity index (χ1) is 10.6. The second-order valence-electron chi connectivity index (χ2n) is 5.13. The largest absolute Gasteiger partial charge is 0.496 e. The molecule has 0 radical (unpaired) electrons. The monoisotopic (exact) mass is 296 g/mol. The van der Waals surface area contributed by atoms with Gasteiger partial charge in [0, 0.05) is 12.1 Å². The second kappa shape index (κ2) is 5.52. The molecule has 0 aliphatic carbocycles. The van der Waals surface area contributed by atoms with Gasteiger partial charge in [0.25, 0.3) is 5.91 Å². The van der Waals surface area contributed by atoms with Crippen LogP contribution in [0.3, 0.4) is 0 Å². The van der Waals surface area contributed by atoms with Crippen LogP contribution in [0.1, 0.15) is 15.9 Å². The highest BCUT2D eigenvalue weighted by Gasteiger charge is 2.38. The van der Waals surface area contributed by atoms with Crippen LogP contribution in [-0.2, 0) is 11.2 Å². The molecular weight excluding hydrogens is 280 g/mol. The Bertz CT molecular complexity index is 742. The molecule has 0 fully saturated rings. The van der Waals surface area contributed by atoms with Gasteiger partial charge in [0.15, 0.2) is 0 Å². The maximum atomic E-state index is 12.9. The van der Waals surface area contributed by atoms with Crippen molar-refractivity contribution in [3.63, 3.8) is 0 Å². The van der Waals surface area contributed by atoms with Gasteiger partial charge in [-0.2, -0.15) is 0 Å². The molecule has 1 aliphatic rings. The Balaban J connectivity index is 2.08. The lowest BCUT2D eigenvalue weighted by Gasteiger charge is -2.24. The molecule has 5 nitrogen and oxygen atoms in total. The lowest BCUT2D eigenvalue weighted by molar-refractivity contribution is -0.119. The van der Waals surface area contributed by atoms with Crippen molar-refractivity contribution in [2.75, 3.05) is 12.0 Å². The Morgan fingerprint density at radius 3 is 2.55 bits per heavy atom. The number of methoxy groups -OCH3 is 1. The minimum atomic E-state index is -0.671. The molecule has 2 amide bonds. The maximum absolute atomic E-state index is 12.9. The Kier molecular flexibility index (Phi) is 3.55. The highest BCUT2D eigenvalue weighted by atomic mass is 16.5. The molecule has 1 aliphatic heterocycles. The predicted octanol–water partition coefficient (Wildman–Crippen LogP) is 1.75. The first-order valence-corrected chi connectivity index (χ1v) is 6.97. The summed E-state index contributed by atoms with van der Waals surface area (Å²) in [4.78, 5) is 26.2. The Morgan fingerprint density at radius 1 is 1.14 bits per heavy atom. The molecule has 112 valence electrons. The number of benzene rings is 2. The molecule has 2 aromatic rings. The van der Waals surface area contributed by atoms with Crippen molar-refractivity contribution in [1.29, 1.82) is 0 Å². The van der Waals surface area contributed by atoms with Crippen LogP contribution in [-0.4, -0.2) is 25.0 Å². The van der Waals surface area contributed by atoms with E-state index in [9.17, 15) is 9.59 Å². The molecule has 1 heterocycles. The van der Waals surface area contributed by atoms with E-state index in [0.717, 1.165) is 11.3 Å². The molecule has 2 N–H and O–H groups in total. The van der Waals surface area contributed by atoms with Gasteiger partial charge < -0.3 is 10.5 Å². The predicted molar refractivity (Wildman–Crippen MR) is 82.9 cm³/mol. The number of anilines is 1. The van der Waals surface area contributed by atoms with Crippen LogP contribution in [0.15, 0.2) is 48.5 Å². The van der Waals surface area contributed by atoms with Crippen molar-refractivity contribution in [2.24, 2.45) is 5.73 Å². The third kappa shape index (κ3) is 2.20. The number of primary amides is 1. The minimum Gasteiger partial charge on any atom is -0.496 e. The SMILES string of the molecule is COc1ccccc1C(=O)N1c2ccccc2CC1C(N)=O. The molecule has 0 saturated heterocycles. The van der Waals surface area contributed by atoms with Gasteiger partial charge in [-0.25, -0.2) is 0 Å². The zero-order valence-corrected chi connectivity index (χ0v) is 12.2. The van der Waals surface area contributed by atoms with Crippen LogP contribution in [0.5, 0.6) is 5.75 Å². The standard InChI is InChI=1S/C17H16N2O3/c1-22-15-9-5-3-7-12(15)17(21)19-13-8-4-2-6-11(13)10-14(19)16(18)20/h2-9,14H,10H2,1H3,(H2,18,20). The van der Waals surface area contributed by atoms with Gasteiger partial charge >= 0.3 is 0 Å².